The van der Waals surface area contributed by atoms with E-state index in [0.717, 1.165) is 45.2 Å². The highest BCUT2D eigenvalue weighted by Gasteiger charge is 2.41. The van der Waals surface area contributed by atoms with Crippen molar-refractivity contribution in [3.8, 4) is 0 Å². The summed E-state index contributed by atoms with van der Waals surface area (Å²) in [4.78, 5) is 17.0. The molecule has 2 atom stereocenters. The molecule has 1 saturated carbocycles. The van der Waals surface area contributed by atoms with Gasteiger partial charge >= 0.3 is 0 Å². The minimum Gasteiger partial charge on any atom is -0.341 e. The molecule has 2 aliphatic rings. The summed E-state index contributed by atoms with van der Waals surface area (Å²) >= 11 is 0. The van der Waals surface area contributed by atoms with Crippen molar-refractivity contribution >= 4 is 5.91 Å². The molecule has 4 heteroatoms. The molecule has 2 unspecified atom stereocenters. The summed E-state index contributed by atoms with van der Waals surface area (Å²) in [5.74, 6) is 0.752. The summed E-state index contributed by atoms with van der Waals surface area (Å²) in [6, 6.07) is 0.376. The van der Waals surface area contributed by atoms with E-state index in [0.29, 0.717) is 12.0 Å². The molecule has 1 saturated heterocycles. The number of carbonyl (C=O) groups excluding carboxylic acids is 1. The van der Waals surface area contributed by atoms with Crippen LogP contribution in [-0.2, 0) is 4.79 Å². The molecule has 2 rings (SSSR count). The van der Waals surface area contributed by atoms with Crippen molar-refractivity contribution in [3.05, 3.63) is 0 Å². The van der Waals surface area contributed by atoms with Crippen LogP contribution in [0.3, 0.4) is 0 Å². The molecule has 1 aliphatic heterocycles. The lowest BCUT2D eigenvalue weighted by atomic mass is 9.76. The van der Waals surface area contributed by atoms with Gasteiger partial charge < -0.3 is 15.5 Å². The highest BCUT2D eigenvalue weighted by atomic mass is 16.2. The fourth-order valence-electron chi connectivity index (χ4n) is 3.69. The third kappa shape index (κ3) is 3.29. The molecular weight excluding hydrogens is 238 g/mol. The molecule has 2 N–H and O–H groups in total. The van der Waals surface area contributed by atoms with Gasteiger partial charge in [0.15, 0.2) is 0 Å². The van der Waals surface area contributed by atoms with Gasteiger partial charge in [-0.05, 0) is 51.7 Å². The number of hydrogen-bond acceptors (Lipinski definition) is 3. The van der Waals surface area contributed by atoms with E-state index in [4.69, 9.17) is 5.73 Å². The Hall–Kier alpha value is -0.610. The summed E-state index contributed by atoms with van der Waals surface area (Å²) in [5, 5.41) is 0. The van der Waals surface area contributed by atoms with Crippen molar-refractivity contribution in [2.24, 2.45) is 11.7 Å². The van der Waals surface area contributed by atoms with Crippen LogP contribution < -0.4 is 5.73 Å². The monoisotopic (exact) mass is 267 g/mol. The maximum Gasteiger partial charge on any atom is 0.242 e. The lowest BCUT2D eigenvalue weighted by Gasteiger charge is -2.42. The quantitative estimate of drug-likeness (QED) is 0.824. The van der Waals surface area contributed by atoms with E-state index in [2.05, 4.69) is 18.9 Å². The van der Waals surface area contributed by atoms with Crippen LogP contribution in [0, 0.1) is 5.92 Å². The molecule has 1 amide bonds. The normalized spacial score (nSPS) is 34.2. The maximum absolute atomic E-state index is 12.7. The summed E-state index contributed by atoms with van der Waals surface area (Å²) in [6.45, 7) is 4.37. The minimum atomic E-state index is -0.601. The number of likely N-dealkylation sites (tertiary alicyclic amines) is 1. The number of hydrogen-bond donors (Lipinski definition) is 1. The van der Waals surface area contributed by atoms with E-state index < -0.39 is 5.54 Å². The molecule has 4 nitrogen and oxygen atoms in total. The van der Waals surface area contributed by atoms with Gasteiger partial charge in [-0.15, -0.1) is 0 Å². The van der Waals surface area contributed by atoms with Gasteiger partial charge in [-0.25, -0.2) is 0 Å². The van der Waals surface area contributed by atoms with E-state index in [1.165, 1.54) is 6.42 Å². The van der Waals surface area contributed by atoms with Crippen molar-refractivity contribution in [2.75, 3.05) is 27.2 Å². The largest absolute Gasteiger partial charge is 0.341 e. The fourth-order valence-corrected chi connectivity index (χ4v) is 3.69. The molecular formula is C15H29N3O. The summed E-state index contributed by atoms with van der Waals surface area (Å²) in [5.41, 5.74) is 5.82. The van der Waals surface area contributed by atoms with Gasteiger partial charge in [0, 0.05) is 13.1 Å². The van der Waals surface area contributed by atoms with Crippen LogP contribution in [0.4, 0.5) is 0 Å². The number of carbonyl (C=O) groups is 1. The van der Waals surface area contributed by atoms with Crippen LogP contribution in [0.2, 0.25) is 0 Å². The molecule has 110 valence electrons. The lowest BCUT2D eigenvalue weighted by molar-refractivity contribution is -0.140. The second-order valence-corrected chi connectivity index (χ2v) is 6.81. The number of nitrogens with two attached hydrogens (primary N) is 1. The summed E-state index contributed by atoms with van der Waals surface area (Å²) in [6.07, 6.45) is 6.15. The van der Waals surface area contributed by atoms with E-state index in [-0.39, 0.29) is 5.91 Å². The van der Waals surface area contributed by atoms with E-state index in [1.807, 2.05) is 11.9 Å². The first kappa shape index (κ1) is 14.8. The van der Waals surface area contributed by atoms with Crippen LogP contribution in [0.15, 0.2) is 0 Å². The fraction of sp³-hybridized carbons (Fsp3) is 0.933. The average molecular weight is 267 g/mol. The zero-order chi connectivity index (χ0) is 14.0. The predicted octanol–water partition coefficient (Wildman–Crippen LogP) is 1.45. The molecule has 0 aromatic carbocycles. The zero-order valence-electron chi connectivity index (χ0n) is 12.7. The van der Waals surface area contributed by atoms with Crippen molar-refractivity contribution in [1.29, 1.82) is 0 Å². The smallest absolute Gasteiger partial charge is 0.242 e. The van der Waals surface area contributed by atoms with Gasteiger partial charge in [0.1, 0.15) is 0 Å². The third-order valence-electron chi connectivity index (χ3n) is 5.01. The third-order valence-corrected chi connectivity index (χ3v) is 5.01. The van der Waals surface area contributed by atoms with E-state index in [9.17, 15) is 4.79 Å². The first-order valence-corrected chi connectivity index (χ1v) is 7.67. The predicted molar refractivity (Wildman–Crippen MR) is 77.8 cm³/mol. The van der Waals surface area contributed by atoms with Crippen LogP contribution in [0.25, 0.3) is 0 Å². The first-order chi connectivity index (χ1) is 8.92. The topological polar surface area (TPSA) is 49.6 Å². The minimum absolute atomic E-state index is 0.175. The van der Waals surface area contributed by atoms with Crippen LogP contribution in [-0.4, -0.2) is 54.5 Å². The second-order valence-electron chi connectivity index (χ2n) is 6.81. The molecule has 19 heavy (non-hydrogen) atoms. The van der Waals surface area contributed by atoms with E-state index >= 15 is 0 Å². The number of amides is 1. The molecule has 2 fully saturated rings. The van der Waals surface area contributed by atoms with Gasteiger partial charge in [-0.1, -0.05) is 19.8 Å². The van der Waals surface area contributed by atoms with Gasteiger partial charge in [0.2, 0.25) is 5.91 Å². The van der Waals surface area contributed by atoms with Crippen molar-refractivity contribution in [1.82, 2.24) is 9.80 Å². The highest BCUT2D eigenvalue weighted by molar-refractivity contribution is 5.86. The molecule has 1 heterocycles. The second kappa shape index (κ2) is 5.80. The Morgan fingerprint density at radius 2 is 1.95 bits per heavy atom. The van der Waals surface area contributed by atoms with Crippen molar-refractivity contribution < 1.29 is 4.79 Å². The van der Waals surface area contributed by atoms with Crippen molar-refractivity contribution in [2.45, 2.75) is 57.0 Å². The Kier molecular flexibility index (Phi) is 4.51. The number of rotatable bonds is 2. The van der Waals surface area contributed by atoms with Crippen LogP contribution in [0.5, 0.6) is 0 Å². The summed E-state index contributed by atoms with van der Waals surface area (Å²) in [7, 11) is 4.09. The average Bonchev–Trinajstić information content (AvgIpc) is 2.37. The SMILES string of the molecule is CC1CCCC(N)(C(=O)N(C)C2CCN(C)CC2)C1. The van der Waals surface area contributed by atoms with Crippen LogP contribution in [0.1, 0.15) is 45.4 Å². The van der Waals surface area contributed by atoms with Crippen molar-refractivity contribution in [3.63, 3.8) is 0 Å². The molecule has 0 radical (unpaired) electrons. The Labute approximate surface area is 117 Å². The Morgan fingerprint density at radius 3 is 2.53 bits per heavy atom. The number of likely N-dealkylation sites (N-methyl/N-ethyl adjacent to an activating group) is 1. The maximum atomic E-state index is 12.7. The molecule has 0 bridgehead atoms. The number of piperidine rings is 1. The highest BCUT2D eigenvalue weighted by Crippen LogP contribution is 2.32. The van der Waals surface area contributed by atoms with Gasteiger partial charge in [0.05, 0.1) is 5.54 Å². The standard InChI is InChI=1S/C15H29N3O/c1-12-5-4-8-15(16,11-12)14(19)18(3)13-6-9-17(2)10-7-13/h12-13H,4-11,16H2,1-3H3. The Morgan fingerprint density at radius 1 is 1.32 bits per heavy atom. The van der Waals surface area contributed by atoms with Gasteiger partial charge in [0.25, 0.3) is 0 Å². The van der Waals surface area contributed by atoms with E-state index in [1.54, 1.807) is 0 Å². The lowest BCUT2D eigenvalue weighted by Crippen LogP contribution is -2.59. The number of nitrogens with zero attached hydrogens (tertiary/aromatic N) is 2. The zero-order valence-corrected chi connectivity index (χ0v) is 12.7. The Bertz CT molecular complexity index is 325. The van der Waals surface area contributed by atoms with Gasteiger partial charge in [-0.3, -0.25) is 4.79 Å². The van der Waals surface area contributed by atoms with Gasteiger partial charge in [-0.2, -0.15) is 0 Å². The summed E-state index contributed by atoms with van der Waals surface area (Å²) < 4.78 is 0. The molecule has 1 aliphatic carbocycles. The Balaban J connectivity index is 1.98. The molecule has 0 aromatic rings. The molecule has 0 aromatic heterocycles. The van der Waals surface area contributed by atoms with Crippen LogP contribution >= 0.6 is 0 Å². The molecule has 0 spiro atoms. The first-order valence-electron chi connectivity index (χ1n) is 7.67.